The van der Waals surface area contributed by atoms with Crippen LogP contribution in [0.15, 0.2) is 52.9 Å². The van der Waals surface area contributed by atoms with Gasteiger partial charge in [-0.1, -0.05) is 23.4 Å². The van der Waals surface area contributed by atoms with E-state index in [-0.39, 0.29) is 35.5 Å². The standard InChI is InChI=1S/C18H18N4O5S2/c1-26-18(23)17-16(7-8-28-17)29(24,25)21-10-14(11-21)22-9-13(19-20-22)12-27-15-5-3-2-4-6-15/h2-9,14H,10-12H2,1H3. The molecule has 9 nitrogen and oxygen atoms in total. The van der Waals surface area contributed by atoms with E-state index in [0.29, 0.717) is 5.69 Å². The van der Waals surface area contributed by atoms with E-state index in [2.05, 4.69) is 15.0 Å². The number of ether oxygens (including phenoxy) is 2. The smallest absolute Gasteiger partial charge is 0.349 e. The molecular weight excluding hydrogens is 416 g/mol. The van der Waals surface area contributed by atoms with Crippen LogP contribution in [0.1, 0.15) is 21.4 Å². The fraction of sp³-hybridized carbons (Fsp3) is 0.278. The van der Waals surface area contributed by atoms with Crippen molar-refractivity contribution in [3.63, 3.8) is 0 Å². The number of aromatic nitrogens is 3. The summed E-state index contributed by atoms with van der Waals surface area (Å²) in [6.07, 6.45) is 1.75. The van der Waals surface area contributed by atoms with Crippen molar-refractivity contribution in [2.45, 2.75) is 17.5 Å². The van der Waals surface area contributed by atoms with Crippen molar-refractivity contribution in [3.05, 3.63) is 58.5 Å². The van der Waals surface area contributed by atoms with Gasteiger partial charge in [-0.3, -0.25) is 0 Å². The summed E-state index contributed by atoms with van der Waals surface area (Å²) in [6.45, 7) is 0.776. The highest BCUT2D eigenvalue weighted by Crippen LogP contribution is 2.32. The summed E-state index contributed by atoms with van der Waals surface area (Å²) in [5.74, 6) is 0.0788. The highest BCUT2D eigenvalue weighted by molar-refractivity contribution is 7.89. The second kappa shape index (κ2) is 7.93. The first kappa shape index (κ1) is 19.6. The van der Waals surface area contributed by atoms with Crippen molar-refractivity contribution >= 4 is 27.3 Å². The van der Waals surface area contributed by atoms with Gasteiger partial charge in [-0.25, -0.2) is 17.9 Å². The van der Waals surface area contributed by atoms with E-state index in [1.54, 1.807) is 16.3 Å². The molecule has 3 aromatic rings. The quantitative estimate of drug-likeness (QED) is 0.524. The zero-order valence-corrected chi connectivity index (χ0v) is 17.1. The molecule has 0 radical (unpaired) electrons. The number of methoxy groups -OCH3 is 1. The van der Waals surface area contributed by atoms with Crippen molar-refractivity contribution in [2.75, 3.05) is 20.2 Å². The second-order valence-corrected chi connectivity index (χ2v) is 9.20. The van der Waals surface area contributed by atoms with E-state index in [1.165, 1.54) is 17.5 Å². The number of hydrogen-bond acceptors (Lipinski definition) is 8. The number of thiophene rings is 1. The van der Waals surface area contributed by atoms with E-state index in [0.717, 1.165) is 17.1 Å². The molecule has 0 aliphatic carbocycles. The number of benzene rings is 1. The average molecular weight is 434 g/mol. The molecule has 0 N–H and O–H groups in total. The lowest BCUT2D eigenvalue weighted by molar-refractivity contribution is 0.0602. The highest BCUT2D eigenvalue weighted by atomic mass is 32.2. The number of rotatable bonds is 7. The number of esters is 1. The van der Waals surface area contributed by atoms with Gasteiger partial charge in [-0.05, 0) is 23.6 Å². The predicted molar refractivity (Wildman–Crippen MR) is 104 cm³/mol. The topological polar surface area (TPSA) is 104 Å². The van der Waals surface area contributed by atoms with Gasteiger partial charge in [0, 0.05) is 13.1 Å². The van der Waals surface area contributed by atoms with Gasteiger partial charge in [-0.15, -0.1) is 16.4 Å². The number of nitrogens with zero attached hydrogens (tertiary/aromatic N) is 4. The van der Waals surface area contributed by atoms with Gasteiger partial charge in [0.05, 0.1) is 19.3 Å². The first-order valence-corrected chi connectivity index (χ1v) is 11.1. The van der Waals surface area contributed by atoms with Crippen LogP contribution >= 0.6 is 11.3 Å². The van der Waals surface area contributed by atoms with Gasteiger partial charge in [0.2, 0.25) is 10.0 Å². The Morgan fingerprint density at radius 3 is 2.72 bits per heavy atom. The fourth-order valence-corrected chi connectivity index (χ4v) is 5.72. The zero-order chi connectivity index (χ0) is 20.4. The van der Waals surface area contributed by atoms with Crippen molar-refractivity contribution < 1.29 is 22.7 Å². The molecule has 11 heteroatoms. The molecule has 2 aromatic heterocycles. The fourth-order valence-electron chi connectivity index (χ4n) is 2.89. The summed E-state index contributed by atoms with van der Waals surface area (Å²) in [5.41, 5.74) is 0.654. The van der Waals surface area contributed by atoms with Crippen molar-refractivity contribution in [2.24, 2.45) is 0 Å². The molecule has 0 atom stereocenters. The number of carbonyl (C=O) groups is 1. The Bertz CT molecular complexity index is 1100. The van der Waals surface area contributed by atoms with Crippen LogP contribution in [-0.4, -0.2) is 53.9 Å². The maximum atomic E-state index is 12.8. The van der Waals surface area contributed by atoms with Gasteiger partial charge in [0.15, 0.2) is 0 Å². The molecule has 0 amide bonds. The van der Waals surface area contributed by atoms with Crippen LogP contribution in [0, 0.1) is 0 Å². The largest absolute Gasteiger partial charge is 0.487 e. The molecule has 0 unspecified atom stereocenters. The summed E-state index contributed by atoms with van der Waals surface area (Å²) < 4.78 is 38.9. The molecule has 1 aliphatic rings. The minimum absolute atomic E-state index is 0.0247. The van der Waals surface area contributed by atoms with Gasteiger partial charge >= 0.3 is 5.97 Å². The molecule has 1 aliphatic heterocycles. The first-order valence-electron chi connectivity index (χ1n) is 8.73. The van der Waals surface area contributed by atoms with Crippen molar-refractivity contribution in [3.8, 4) is 5.75 Å². The first-order chi connectivity index (χ1) is 14.0. The summed E-state index contributed by atoms with van der Waals surface area (Å²) in [7, 11) is -2.54. The van der Waals surface area contributed by atoms with Crippen LogP contribution in [0.5, 0.6) is 5.75 Å². The molecule has 1 aromatic carbocycles. The molecule has 3 heterocycles. The average Bonchev–Trinajstić information content (AvgIpc) is 3.35. The molecular formula is C18H18N4O5S2. The normalized spacial score (nSPS) is 15.1. The Morgan fingerprint density at radius 2 is 2.00 bits per heavy atom. The number of sulfonamides is 1. The molecule has 29 heavy (non-hydrogen) atoms. The third kappa shape index (κ3) is 3.88. The Morgan fingerprint density at radius 1 is 1.24 bits per heavy atom. The molecule has 152 valence electrons. The number of para-hydroxylation sites is 1. The molecule has 0 spiro atoms. The molecule has 0 bridgehead atoms. The van der Waals surface area contributed by atoms with E-state index >= 15 is 0 Å². The predicted octanol–water partition coefficient (Wildman–Crippen LogP) is 1.95. The van der Waals surface area contributed by atoms with E-state index < -0.39 is 16.0 Å². The SMILES string of the molecule is COC(=O)c1sccc1S(=O)(=O)N1CC(n2cc(COc3ccccc3)nn2)C1. The van der Waals surface area contributed by atoms with Gasteiger partial charge in [-0.2, -0.15) is 4.31 Å². The van der Waals surface area contributed by atoms with Crippen LogP contribution in [0.4, 0.5) is 0 Å². The van der Waals surface area contributed by atoms with Gasteiger partial charge < -0.3 is 9.47 Å². The summed E-state index contributed by atoms with van der Waals surface area (Å²) in [6, 6.07) is 10.7. The van der Waals surface area contributed by atoms with E-state index in [4.69, 9.17) is 4.74 Å². The lowest BCUT2D eigenvalue weighted by Gasteiger charge is -2.37. The Labute approximate surface area is 171 Å². The van der Waals surface area contributed by atoms with Crippen LogP contribution in [0.2, 0.25) is 0 Å². The zero-order valence-electron chi connectivity index (χ0n) is 15.5. The Kier molecular flexibility index (Phi) is 5.35. The molecule has 4 rings (SSSR count). The van der Waals surface area contributed by atoms with Crippen LogP contribution in [0.3, 0.4) is 0 Å². The number of hydrogen-bond donors (Lipinski definition) is 0. The third-order valence-electron chi connectivity index (χ3n) is 4.51. The maximum Gasteiger partial charge on any atom is 0.349 e. The van der Waals surface area contributed by atoms with Gasteiger partial charge in [0.25, 0.3) is 0 Å². The maximum absolute atomic E-state index is 12.8. The summed E-state index contributed by atoms with van der Waals surface area (Å²) in [4.78, 5) is 11.9. The van der Waals surface area contributed by atoms with E-state index in [1.807, 2.05) is 30.3 Å². The van der Waals surface area contributed by atoms with Crippen LogP contribution < -0.4 is 4.74 Å². The minimum Gasteiger partial charge on any atom is -0.487 e. The van der Waals surface area contributed by atoms with Crippen LogP contribution in [0.25, 0.3) is 0 Å². The summed E-state index contributed by atoms with van der Waals surface area (Å²) in [5, 5.41) is 9.72. The van der Waals surface area contributed by atoms with Crippen molar-refractivity contribution in [1.29, 1.82) is 0 Å². The molecule has 1 fully saturated rings. The van der Waals surface area contributed by atoms with E-state index in [9.17, 15) is 13.2 Å². The number of carbonyl (C=O) groups excluding carboxylic acids is 1. The summed E-state index contributed by atoms with van der Waals surface area (Å²) >= 11 is 1.04. The second-order valence-electron chi connectivity index (χ2n) is 6.37. The Balaban J connectivity index is 1.38. The van der Waals surface area contributed by atoms with Gasteiger partial charge in [0.1, 0.15) is 27.8 Å². The lowest BCUT2D eigenvalue weighted by Crippen LogP contribution is -2.50. The minimum atomic E-state index is -3.77. The lowest BCUT2D eigenvalue weighted by atomic mass is 10.2. The molecule has 1 saturated heterocycles. The highest BCUT2D eigenvalue weighted by Gasteiger charge is 2.40. The third-order valence-corrected chi connectivity index (χ3v) is 7.41. The molecule has 0 saturated carbocycles. The Hall–Kier alpha value is -2.76. The van der Waals surface area contributed by atoms with Crippen LogP contribution in [-0.2, 0) is 21.4 Å². The monoisotopic (exact) mass is 434 g/mol. The van der Waals surface area contributed by atoms with Crippen molar-refractivity contribution in [1.82, 2.24) is 19.3 Å².